The van der Waals surface area contributed by atoms with Crippen LogP contribution < -0.4 is 5.84 Å². The Morgan fingerprint density at radius 2 is 2.44 bits per heavy atom. The largest absolute Gasteiger partial charge is 0.299 e. The molecule has 0 aliphatic heterocycles. The van der Waals surface area contributed by atoms with Gasteiger partial charge in [0.2, 0.25) is 0 Å². The van der Waals surface area contributed by atoms with Gasteiger partial charge in [-0.05, 0) is 12.3 Å². The quantitative estimate of drug-likeness (QED) is 0.335. The summed E-state index contributed by atoms with van der Waals surface area (Å²) in [4.78, 5) is 0. The van der Waals surface area contributed by atoms with Crippen molar-refractivity contribution in [2.24, 2.45) is 11.8 Å². The second-order valence-corrected chi connectivity index (χ2v) is 2.25. The molecule has 0 spiro atoms. The zero-order valence-corrected chi connectivity index (χ0v) is 5.75. The number of hydrazine groups is 1. The summed E-state index contributed by atoms with van der Waals surface area (Å²) < 4.78 is 0. The van der Waals surface area contributed by atoms with Crippen LogP contribution in [0.2, 0.25) is 0 Å². The van der Waals surface area contributed by atoms with Crippen LogP contribution in [0.1, 0.15) is 13.3 Å². The summed E-state index contributed by atoms with van der Waals surface area (Å²) in [5, 5.41) is 9.23. The Morgan fingerprint density at radius 3 is 2.78 bits per heavy atom. The molecule has 0 aliphatic carbocycles. The van der Waals surface area contributed by atoms with Gasteiger partial charge in [-0.25, -0.2) is 5.84 Å². The van der Waals surface area contributed by atoms with Crippen molar-refractivity contribution in [3.05, 3.63) is 12.7 Å². The molecule has 0 saturated heterocycles. The van der Waals surface area contributed by atoms with Gasteiger partial charge < -0.3 is 0 Å². The van der Waals surface area contributed by atoms with Gasteiger partial charge in [-0.3, -0.25) is 5.21 Å². The molecule has 3 N–H and O–H groups in total. The summed E-state index contributed by atoms with van der Waals surface area (Å²) in [5.74, 6) is 5.35. The number of hydrogen-bond donors (Lipinski definition) is 2. The van der Waals surface area contributed by atoms with Crippen molar-refractivity contribution in [2.45, 2.75) is 13.3 Å². The van der Waals surface area contributed by atoms with Crippen molar-refractivity contribution in [3.8, 4) is 0 Å². The number of allylic oxidation sites excluding steroid dienone is 1. The van der Waals surface area contributed by atoms with Crippen molar-refractivity contribution in [2.75, 3.05) is 6.54 Å². The third kappa shape index (κ3) is 5.49. The molecule has 0 aromatic heterocycles. The molecule has 0 aliphatic rings. The Bertz CT molecular complexity index is 83.1. The second-order valence-electron chi connectivity index (χ2n) is 2.25. The van der Waals surface area contributed by atoms with Crippen LogP contribution in [0.3, 0.4) is 0 Å². The first-order valence-electron chi connectivity index (χ1n) is 2.98. The van der Waals surface area contributed by atoms with Gasteiger partial charge in [-0.15, -0.1) is 11.8 Å². The zero-order valence-electron chi connectivity index (χ0n) is 5.75. The Kier molecular flexibility index (Phi) is 4.30. The van der Waals surface area contributed by atoms with Crippen molar-refractivity contribution in [1.82, 2.24) is 5.17 Å². The minimum Gasteiger partial charge on any atom is -0.299 e. The van der Waals surface area contributed by atoms with Crippen molar-refractivity contribution in [1.29, 1.82) is 0 Å². The van der Waals surface area contributed by atoms with Crippen LogP contribution >= 0.6 is 0 Å². The van der Waals surface area contributed by atoms with E-state index in [4.69, 9.17) is 11.0 Å². The molecule has 1 atom stereocenters. The molecule has 0 fully saturated rings. The SMILES string of the molecule is C=CCC(C)CN(N)O. The summed E-state index contributed by atoms with van der Waals surface area (Å²) in [5.41, 5.74) is 0. The van der Waals surface area contributed by atoms with E-state index in [1.807, 2.05) is 13.0 Å². The van der Waals surface area contributed by atoms with E-state index in [2.05, 4.69) is 6.58 Å². The number of hydrogen-bond acceptors (Lipinski definition) is 3. The molecule has 0 saturated carbocycles. The first kappa shape index (κ1) is 8.62. The summed E-state index contributed by atoms with van der Waals surface area (Å²) in [6.45, 7) is 6.06. The first-order chi connectivity index (χ1) is 4.16. The molecule has 0 amide bonds. The second kappa shape index (κ2) is 4.49. The van der Waals surface area contributed by atoms with Crippen molar-refractivity contribution in [3.63, 3.8) is 0 Å². The fourth-order valence-electron chi connectivity index (χ4n) is 0.678. The molecule has 0 heterocycles. The lowest BCUT2D eigenvalue weighted by Gasteiger charge is -2.12. The molecule has 0 bridgehead atoms. The van der Waals surface area contributed by atoms with Gasteiger partial charge in [-0.1, -0.05) is 13.0 Å². The summed E-state index contributed by atoms with van der Waals surface area (Å²) in [6, 6.07) is 0. The molecule has 0 rings (SSSR count). The van der Waals surface area contributed by atoms with E-state index < -0.39 is 0 Å². The Hall–Kier alpha value is -0.380. The predicted molar refractivity (Wildman–Crippen MR) is 36.7 cm³/mol. The van der Waals surface area contributed by atoms with Crippen molar-refractivity contribution < 1.29 is 5.21 Å². The van der Waals surface area contributed by atoms with Crippen LogP contribution in [0.5, 0.6) is 0 Å². The fraction of sp³-hybridized carbons (Fsp3) is 0.667. The van der Waals surface area contributed by atoms with Gasteiger partial charge >= 0.3 is 0 Å². The van der Waals surface area contributed by atoms with Gasteiger partial charge in [0, 0.05) is 6.54 Å². The van der Waals surface area contributed by atoms with Gasteiger partial charge in [0.25, 0.3) is 0 Å². The molecule has 0 radical (unpaired) electrons. The number of rotatable bonds is 4. The molecule has 3 nitrogen and oxygen atoms in total. The van der Waals surface area contributed by atoms with E-state index in [-0.39, 0.29) is 0 Å². The van der Waals surface area contributed by atoms with Crippen LogP contribution in [0.15, 0.2) is 12.7 Å². The average Bonchev–Trinajstić information content (AvgIpc) is 1.63. The monoisotopic (exact) mass is 130 g/mol. The van der Waals surface area contributed by atoms with E-state index in [0.29, 0.717) is 17.6 Å². The molecule has 0 aromatic carbocycles. The first-order valence-corrected chi connectivity index (χ1v) is 2.98. The maximum atomic E-state index is 8.53. The van der Waals surface area contributed by atoms with Crippen LogP contribution in [0.4, 0.5) is 0 Å². The third-order valence-corrected chi connectivity index (χ3v) is 1.07. The number of nitrogens with two attached hydrogens (primary N) is 1. The highest BCUT2D eigenvalue weighted by Crippen LogP contribution is 2.00. The summed E-state index contributed by atoms with van der Waals surface area (Å²) in [7, 11) is 0. The molecule has 0 aromatic rings. The molecular formula is C6H14N2O. The standard InChI is InChI=1S/C6H14N2O/c1-3-4-6(2)5-8(7)9/h3,6,9H,1,4-5,7H2,2H3. The van der Waals surface area contributed by atoms with Gasteiger partial charge in [0.05, 0.1) is 0 Å². The maximum Gasteiger partial charge on any atom is 0.0425 e. The van der Waals surface area contributed by atoms with Gasteiger partial charge in [-0.2, -0.15) is 0 Å². The maximum absolute atomic E-state index is 8.53. The van der Waals surface area contributed by atoms with E-state index >= 15 is 0 Å². The highest BCUT2D eigenvalue weighted by molar-refractivity contribution is 4.70. The zero-order chi connectivity index (χ0) is 7.28. The van der Waals surface area contributed by atoms with Crippen LogP contribution in [0.25, 0.3) is 0 Å². The van der Waals surface area contributed by atoms with E-state index in [0.717, 1.165) is 6.42 Å². The van der Waals surface area contributed by atoms with Crippen LogP contribution in [-0.2, 0) is 0 Å². The molecule has 3 heteroatoms. The number of hydroxylamine groups is 1. The summed E-state index contributed by atoms with van der Waals surface area (Å²) in [6.07, 6.45) is 2.70. The smallest absolute Gasteiger partial charge is 0.0425 e. The number of nitrogens with zero attached hydrogens (tertiary/aromatic N) is 1. The third-order valence-electron chi connectivity index (χ3n) is 1.07. The van der Waals surface area contributed by atoms with E-state index in [9.17, 15) is 0 Å². The van der Waals surface area contributed by atoms with Gasteiger partial charge in [0.15, 0.2) is 0 Å². The average molecular weight is 130 g/mol. The summed E-state index contributed by atoms with van der Waals surface area (Å²) >= 11 is 0. The Labute approximate surface area is 55.7 Å². The normalized spacial score (nSPS) is 13.8. The lowest BCUT2D eigenvalue weighted by molar-refractivity contribution is -0.102. The van der Waals surface area contributed by atoms with Crippen molar-refractivity contribution >= 4 is 0 Å². The minimum absolute atomic E-state index is 0.373. The minimum atomic E-state index is 0.373. The lowest BCUT2D eigenvalue weighted by atomic mass is 10.1. The lowest BCUT2D eigenvalue weighted by Crippen LogP contribution is -2.31. The van der Waals surface area contributed by atoms with E-state index in [1.165, 1.54) is 0 Å². The molecular weight excluding hydrogens is 116 g/mol. The van der Waals surface area contributed by atoms with E-state index in [1.54, 1.807) is 0 Å². The predicted octanol–water partition coefficient (Wildman–Crippen LogP) is 0.764. The fourth-order valence-corrected chi connectivity index (χ4v) is 0.678. The molecule has 9 heavy (non-hydrogen) atoms. The van der Waals surface area contributed by atoms with Crippen LogP contribution in [-0.4, -0.2) is 16.9 Å². The molecule has 1 unspecified atom stereocenters. The topological polar surface area (TPSA) is 49.5 Å². The Morgan fingerprint density at radius 1 is 1.89 bits per heavy atom. The Balaban J connectivity index is 3.25. The van der Waals surface area contributed by atoms with Gasteiger partial charge in [0.1, 0.15) is 0 Å². The van der Waals surface area contributed by atoms with Crippen LogP contribution in [0, 0.1) is 5.92 Å². The highest BCUT2D eigenvalue weighted by atomic mass is 16.5. The molecule has 54 valence electrons. The highest BCUT2D eigenvalue weighted by Gasteiger charge is 2.00.